The lowest BCUT2D eigenvalue weighted by Crippen LogP contribution is -2.50. The molecule has 1 fully saturated rings. The molecule has 0 amide bonds. The number of piperazine rings is 1. The van der Waals surface area contributed by atoms with Gasteiger partial charge in [-0.1, -0.05) is 6.07 Å². The van der Waals surface area contributed by atoms with Crippen LogP contribution in [0.25, 0.3) is 5.65 Å². The SMILES string of the molecule is Cc1ccc2nc(CN3CCN(C)C[C@@H]3C)cc(=O)n2c1. The van der Waals surface area contributed by atoms with Crippen LogP contribution in [0.5, 0.6) is 0 Å². The first-order valence-electron chi connectivity index (χ1n) is 7.44. The molecule has 0 bridgehead atoms. The largest absolute Gasteiger partial charge is 0.304 e. The molecule has 0 unspecified atom stereocenters. The van der Waals surface area contributed by atoms with Gasteiger partial charge in [-0.25, -0.2) is 4.98 Å². The van der Waals surface area contributed by atoms with E-state index in [4.69, 9.17) is 0 Å². The lowest BCUT2D eigenvalue weighted by Gasteiger charge is -2.37. The molecule has 0 N–H and O–H groups in total. The van der Waals surface area contributed by atoms with Gasteiger partial charge < -0.3 is 4.90 Å². The quantitative estimate of drug-likeness (QED) is 0.830. The lowest BCUT2D eigenvalue weighted by molar-refractivity contribution is 0.0927. The number of aromatic nitrogens is 2. The van der Waals surface area contributed by atoms with Crippen molar-refractivity contribution in [1.82, 2.24) is 19.2 Å². The highest BCUT2D eigenvalue weighted by atomic mass is 16.1. The van der Waals surface area contributed by atoms with Crippen LogP contribution < -0.4 is 5.56 Å². The summed E-state index contributed by atoms with van der Waals surface area (Å²) in [6.45, 7) is 8.10. The number of fused-ring (bicyclic) bond motifs is 1. The summed E-state index contributed by atoms with van der Waals surface area (Å²) in [5, 5.41) is 0. The molecule has 5 nitrogen and oxygen atoms in total. The molecular weight excluding hydrogens is 264 g/mol. The first kappa shape index (κ1) is 14.2. The Morgan fingerprint density at radius 1 is 1.33 bits per heavy atom. The van der Waals surface area contributed by atoms with E-state index in [0.717, 1.165) is 43.1 Å². The van der Waals surface area contributed by atoms with Crippen molar-refractivity contribution in [2.75, 3.05) is 26.7 Å². The molecule has 5 heteroatoms. The maximum atomic E-state index is 12.2. The van der Waals surface area contributed by atoms with Gasteiger partial charge in [-0.15, -0.1) is 0 Å². The Balaban J connectivity index is 1.88. The molecule has 3 heterocycles. The standard InChI is InChI=1S/C16H22N4O/c1-12-4-5-15-17-14(8-16(21)20(15)9-12)11-19-7-6-18(3)10-13(19)2/h4-5,8-9,13H,6-7,10-11H2,1-3H3/t13-/m0/s1. The summed E-state index contributed by atoms with van der Waals surface area (Å²) in [6, 6.07) is 6.05. The van der Waals surface area contributed by atoms with Crippen molar-refractivity contribution in [1.29, 1.82) is 0 Å². The van der Waals surface area contributed by atoms with Gasteiger partial charge in [0, 0.05) is 44.5 Å². The summed E-state index contributed by atoms with van der Waals surface area (Å²) >= 11 is 0. The number of likely N-dealkylation sites (N-methyl/N-ethyl adjacent to an activating group) is 1. The Kier molecular flexibility index (Phi) is 3.78. The van der Waals surface area contributed by atoms with E-state index in [0.29, 0.717) is 6.04 Å². The summed E-state index contributed by atoms with van der Waals surface area (Å²) in [6.07, 6.45) is 1.84. The number of hydrogen-bond acceptors (Lipinski definition) is 4. The average molecular weight is 286 g/mol. The molecule has 1 aliphatic heterocycles. The average Bonchev–Trinajstić information content (AvgIpc) is 2.43. The van der Waals surface area contributed by atoms with Crippen LogP contribution in [-0.4, -0.2) is 51.9 Å². The number of pyridine rings is 1. The Labute approximate surface area is 124 Å². The summed E-state index contributed by atoms with van der Waals surface area (Å²) in [5.74, 6) is 0. The molecule has 2 aromatic heterocycles. The molecule has 21 heavy (non-hydrogen) atoms. The van der Waals surface area contributed by atoms with E-state index in [-0.39, 0.29) is 5.56 Å². The topological polar surface area (TPSA) is 40.9 Å². The number of nitrogens with zero attached hydrogens (tertiary/aromatic N) is 4. The predicted molar refractivity (Wildman–Crippen MR) is 83.6 cm³/mol. The van der Waals surface area contributed by atoms with Gasteiger partial charge in [-0.2, -0.15) is 0 Å². The molecule has 112 valence electrons. The monoisotopic (exact) mass is 286 g/mol. The summed E-state index contributed by atoms with van der Waals surface area (Å²) in [4.78, 5) is 21.6. The molecule has 1 saturated heterocycles. The highest BCUT2D eigenvalue weighted by Gasteiger charge is 2.21. The first-order chi connectivity index (χ1) is 10.0. The van der Waals surface area contributed by atoms with E-state index in [1.807, 2.05) is 25.3 Å². The predicted octanol–water partition coefficient (Wildman–Crippen LogP) is 1.14. The van der Waals surface area contributed by atoms with E-state index in [1.165, 1.54) is 0 Å². The van der Waals surface area contributed by atoms with Crippen LogP contribution in [-0.2, 0) is 6.54 Å². The fourth-order valence-electron chi connectivity index (χ4n) is 2.96. The second-order valence-corrected chi connectivity index (χ2v) is 6.10. The van der Waals surface area contributed by atoms with E-state index in [2.05, 4.69) is 28.8 Å². The van der Waals surface area contributed by atoms with Gasteiger partial charge in [0.05, 0.1) is 5.69 Å². The van der Waals surface area contributed by atoms with Gasteiger partial charge in [0.2, 0.25) is 0 Å². The number of hydrogen-bond donors (Lipinski definition) is 0. The van der Waals surface area contributed by atoms with Crippen LogP contribution in [0.3, 0.4) is 0 Å². The van der Waals surface area contributed by atoms with Crippen LogP contribution in [0, 0.1) is 6.92 Å². The summed E-state index contributed by atoms with van der Waals surface area (Å²) in [7, 11) is 2.15. The molecule has 1 aliphatic rings. The highest BCUT2D eigenvalue weighted by Crippen LogP contribution is 2.12. The van der Waals surface area contributed by atoms with Crippen molar-refractivity contribution >= 4 is 5.65 Å². The molecule has 0 radical (unpaired) electrons. The molecule has 0 saturated carbocycles. The van der Waals surface area contributed by atoms with Crippen LogP contribution in [0.1, 0.15) is 18.2 Å². The van der Waals surface area contributed by atoms with Crippen LogP contribution in [0.2, 0.25) is 0 Å². The Morgan fingerprint density at radius 3 is 2.90 bits per heavy atom. The van der Waals surface area contributed by atoms with Gasteiger partial charge in [-0.05, 0) is 32.5 Å². The normalized spacial score (nSPS) is 21.0. The zero-order chi connectivity index (χ0) is 15.0. The van der Waals surface area contributed by atoms with E-state index in [9.17, 15) is 4.79 Å². The zero-order valence-corrected chi connectivity index (χ0v) is 12.9. The Hall–Kier alpha value is -1.72. The van der Waals surface area contributed by atoms with Crippen LogP contribution >= 0.6 is 0 Å². The second-order valence-electron chi connectivity index (χ2n) is 6.10. The molecule has 3 rings (SSSR count). The van der Waals surface area contributed by atoms with Crippen molar-refractivity contribution in [3.63, 3.8) is 0 Å². The van der Waals surface area contributed by atoms with Gasteiger partial charge in [0.25, 0.3) is 5.56 Å². The fraction of sp³-hybridized carbons (Fsp3) is 0.500. The van der Waals surface area contributed by atoms with Crippen molar-refractivity contribution < 1.29 is 0 Å². The van der Waals surface area contributed by atoms with Gasteiger partial charge in [0.15, 0.2) is 0 Å². The third-order valence-electron chi connectivity index (χ3n) is 4.19. The molecular formula is C16H22N4O. The highest BCUT2D eigenvalue weighted by molar-refractivity contribution is 5.39. The Bertz CT molecular complexity index is 709. The third-order valence-corrected chi connectivity index (χ3v) is 4.19. The number of aryl methyl sites for hydroxylation is 1. The van der Waals surface area contributed by atoms with Crippen LogP contribution in [0.4, 0.5) is 0 Å². The lowest BCUT2D eigenvalue weighted by atomic mass is 10.2. The summed E-state index contributed by atoms with van der Waals surface area (Å²) < 4.78 is 1.62. The number of rotatable bonds is 2. The smallest absolute Gasteiger partial charge is 0.258 e. The zero-order valence-electron chi connectivity index (χ0n) is 12.9. The van der Waals surface area contributed by atoms with Crippen molar-refractivity contribution in [2.45, 2.75) is 26.4 Å². The van der Waals surface area contributed by atoms with E-state index < -0.39 is 0 Å². The van der Waals surface area contributed by atoms with E-state index in [1.54, 1.807) is 10.5 Å². The van der Waals surface area contributed by atoms with Gasteiger partial charge in [-0.3, -0.25) is 14.1 Å². The van der Waals surface area contributed by atoms with Gasteiger partial charge in [0.1, 0.15) is 5.65 Å². The minimum atomic E-state index is 0.000445. The molecule has 0 aliphatic carbocycles. The maximum absolute atomic E-state index is 12.2. The fourth-order valence-corrected chi connectivity index (χ4v) is 2.96. The Morgan fingerprint density at radius 2 is 2.14 bits per heavy atom. The molecule has 0 aromatic carbocycles. The third kappa shape index (κ3) is 2.99. The maximum Gasteiger partial charge on any atom is 0.258 e. The molecule has 2 aromatic rings. The second kappa shape index (κ2) is 5.58. The van der Waals surface area contributed by atoms with E-state index >= 15 is 0 Å². The van der Waals surface area contributed by atoms with Gasteiger partial charge >= 0.3 is 0 Å². The minimum Gasteiger partial charge on any atom is -0.304 e. The molecule has 1 atom stereocenters. The van der Waals surface area contributed by atoms with Crippen molar-refractivity contribution in [2.24, 2.45) is 0 Å². The van der Waals surface area contributed by atoms with Crippen molar-refractivity contribution in [3.8, 4) is 0 Å². The van der Waals surface area contributed by atoms with Crippen molar-refractivity contribution in [3.05, 3.63) is 46.0 Å². The first-order valence-corrected chi connectivity index (χ1v) is 7.44. The minimum absolute atomic E-state index is 0.000445. The molecule has 0 spiro atoms. The van der Waals surface area contributed by atoms with Crippen LogP contribution in [0.15, 0.2) is 29.2 Å². The summed E-state index contributed by atoms with van der Waals surface area (Å²) in [5.41, 5.74) is 2.65.